The third-order valence-corrected chi connectivity index (χ3v) is 2.73. The molecule has 0 spiro atoms. The van der Waals surface area contributed by atoms with Crippen LogP contribution in [0.1, 0.15) is 40.0 Å². The Bertz CT molecular complexity index is 675. The highest BCUT2D eigenvalue weighted by Crippen LogP contribution is 2.29. The highest BCUT2D eigenvalue weighted by atomic mass is 16.6. The Morgan fingerprint density at radius 2 is 0.778 bits per heavy atom. The fraction of sp³-hybridized carbons (Fsp3) is 0.333. The van der Waals surface area contributed by atoms with E-state index in [1.807, 2.05) is 0 Å². The number of rotatable bonds is 9. The minimum atomic E-state index is -0.865. The molecule has 0 bridgehead atoms. The number of ketones is 3. The first kappa shape index (κ1) is 21.7. The molecule has 0 unspecified atom stereocenters. The Morgan fingerprint density at radius 3 is 0.963 bits per heavy atom. The van der Waals surface area contributed by atoms with E-state index in [1.54, 1.807) is 0 Å². The van der Waals surface area contributed by atoms with E-state index in [2.05, 4.69) is 0 Å². The monoisotopic (exact) mass is 378 g/mol. The van der Waals surface area contributed by atoms with E-state index < -0.39 is 54.5 Å². The molecule has 0 atom stereocenters. The van der Waals surface area contributed by atoms with Crippen LogP contribution < -0.4 is 14.2 Å². The number of hydrogen-bond acceptors (Lipinski definition) is 9. The van der Waals surface area contributed by atoms with E-state index in [0.29, 0.717) is 0 Å². The molecule has 0 heterocycles. The van der Waals surface area contributed by atoms with Crippen LogP contribution in [0.2, 0.25) is 0 Å². The van der Waals surface area contributed by atoms with Gasteiger partial charge in [0.25, 0.3) is 0 Å². The van der Waals surface area contributed by atoms with Crippen LogP contribution in [0.4, 0.5) is 0 Å². The van der Waals surface area contributed by atoms with Crippen molar-refractivity contribution in [1.29, 1.82) is 0 Å². The fourth-order valence-electron chi connectivity index (χ4n) is 1.83. The molecule has 0 saturated heterocycles. The van der Waals surface area contributed by atoms with Gasteiger partial charge in [0.2, 0.25) is 0 Å². The zero-order chi connectivity index (χ0) is 20.6. The topological polar surface area (TPSA) is 130 Å². The second-order valence-electron chi connectivity index (χ2n) is 5.70. The number of esters is 3. The van der Waals surface area contributed by atoms with Crippen molar-refractivity contribution in [2.75, 3.05) is 0 Å². The van der Waals surface area contributed by atoms with E-state index in [1.165, 1.54) is 20.8 Å². The summed E-state index contributed by atoms with van der Waals surface area (Å²) in [5.74, 6) is -4.31. The summed E-state index contributed by atoms with van der Waals surface area (Å²) in [6.07, 6.45) is -1.44. The summed E-state index contributed by atoms with van der Waals surface area (Å²) in [5, 5.41) is 0. The summed E-state index contributed by atoms with van der Waals surface area (Å²) in [6.45, 7) is 3.61. The van der Waals surface area contributed by atoms with Gasteiger partial charge >= 0.3 is 17.9 Å². The molecule has 9 nitrogen and oxygen atoms in total. The van der Waals surface area contributed by atoms with Crippen LogP contribution in [0.3, 0.4) is 0 Å². The molecule has 144 valence electrons. The van der Waals surface area contributed by atoms with Crippen LogP contribution in [0, 0.1) is 0 Å². The van der Waals surface area contributed by atoms with Crippen molar-refractivity contribution in [3.8, 4) is 17.2 Å². The van der Waals surface area contributed by atoms with Crippen molar-refractivity contribution in [3.63, 3.8) is 0 Å². The lowest BCUT2D eigenvalue weighted by atomic mass is 10.2. The molecule has 1 rings (SSSR count). The number of carbonyl (C=O) groups is 6. The molecule has 0 fully saturated rings. The highest BCUT2D eigenvalue weighted by molar-refractivity contribution is 5.96. The van der Waals surface area contributed by atoms with Gasteiger partial charge in [-0.3, -0.25) is 28.8 Å². The van der Waals surface area contributed by atoms with E-state index in [9.17, 15) is 28.8 Å². The molecule has 1 aromatic carbocycles. The predicted molar refractivity (Wildman–Crippen MR) is 89.2 cm³/mol. The summed E-state index contributed by atoms with van der Waals surface area (Å²) >= 11 is 0. The molecule has 0 aliphatic carbocycles. The second-order valence-corrected chi connectivity index (χ2v) is 5.70. The zero-order valence-electron chi connectivity index (χ0n) is 15.0. The van der Waals surface area contributed by atoms with E-state index in [0.717, 1.165) is 18.2 Å². The number of hydrogen-bond donors (Lipinski definition) is 0. The van der Waals surface area contributed by atoms with Crippen LogP contribution in [0.15, 0.2) is 18.2 Å². The van der Waals surface area contributed by atoms with Crippen molar-refractivity contribution >= 4 is 35.3 Å². The smallest absolute Gasteiger partial charge is 0.318 e. The van der Waals surface area contributed by atoms with Crippen molar-refractivity contribution < 1.29 is 43.0 Å². The summed E-state index contributed by atoms with van der Waals surface area (Å²) < 4.78 is 14.9. The minimum absolute atomic E-state index is 0.153. The number of ether oxygens (including phenoxy) is 3. The Labute approximate surface area is 154 Å². The van der Waals surface area contributed by atoms with Gasteiger partial charge in [0, 0.05) is 18.2 Å². The van der Waals surface area contributed by atoms with Crippen molar-refractivity contribution in [3.05, 3.63) is 18.2 Å². The average molecular weight is 378 g/mol. The van der Waals surface area contributed by atoms with Crippen LogP contribution in [-0.2, 0) is 28.8 Å². The molecule has 0 N–H and O–H groups in total. The molecule has 0 radical (unpaired) electrons. The van der Waals surface area contributed by atoms with Gasteiger partial charge in [0.15, 0.2) is 0 Å². The molecule has 0 aromatic heterocycles. The molecule has 0 aliphatic heterocycles. The fourth-order valence-corrected chi connectivity index (χ4v) is 1.83. The Kier molecular flexibility index (Phi) is 7.99. The molecule has 9 heteroatoms. The largest absolute Gasteiger partial charge is 0.426 e. The standard InChI is InChI=1S/C18H18O9/c1-10(19)4-16(22)25-13-7-14(26-17(23)5-11(2)20)9-15(8-13)27-18(24)6-12(3)21/h7-9H,4-6H2,1-3H3. The Morgan fingerprint density at radius 1 is 0.556 bits per heavy atom. The van der Waals surface area contributed by atoms with Crippen molar-refractivity contribution in [1.82, 2.24) is 0 Å². The SMILES string of the molecule is CC(=O)CC(=O)Oc1cc(OC(=O)CC(C)=O)cc(OC(=O)CC(C)=O)c1. The maximum Gasteiger partial charge on any atom is 0.318 e. The van der Waals surface area contributed by atoms with Crippen molar-refractivity contribution in [2.45, 2.75) is 40.0 Å². The highest BCUT2D eigenvalue weighted by Gasteiger charge is 2.16. The average Bonchev–Trinajstić information content (AvgIpc) is 2.43. The maximum atomic E-state index is 11.6. The van der Waals surface area contributed by atoms with Crippen LogP contribution in [0.25, 0.3) is 0 Å². The van der Waals surface area contributed by atoms with E-state index in [-0.39, 0.29) is 17.2 Å². The summed E-state index contributed by atoms with van der Waals surface area (Å²) in [7, 11) is 0. The summed E-state index contributed by atoms with van der Waals surface area (Å²) in [5.41, 5.74) is 0. The Hall–Kier alpha value is -3.36. The van der Waals surface area contributed by atoms with Crippen LogP contribution in [0.5, 0.6) is 17.2 Å². The first-order chi connectivity index (χ1) is 12.5. The number of carbonyl (C=O) groups excluding carboxylic acids is 6. The normalized spacial score (nSPS) is 9.89. The van der Waals surface area contributed by atoms with Gasteiger partial charge in [-0.15, -0.1) is 0 Å². The predicted octanol–water partition coefficient (Wildman–Crippen LogP) is 1.34. The van der Waals surface area contributed by atoms with Gasteiger partial charge in [-0.1, -0.05) is 0 Å². The third-order valence-electron chi connectivity index (χ3n) is 2.73. The molecule has 0 saturated carbocycles. The van der Waals surface area contributed by atoms with Gasteiger partial charge in [0.05, 0.1) is 0 Å². The summed E-state index contributed by atoms with van der Waals surface area (Å²) in [4.78, 5) is 67.8. The number of benzene rings is 1. The molecule has 0 aliphatic rings. The van der Waals surface area contributed by atoms with Gasteiger partial charge < -0.3 is 14.2 Å². The first-order valence-electron chi connectivity index (χ1n) is 7.80. The Balaban J connectivity index is 3.05. The van der Waals surface area contributed by atoms with E-state index >= 15 is 0 Å². The third kappa shape index (κ3) is 9.05. The molecular formula is C18H18O9. The van der Waals surface area contributed by atoms with E-state index in [4.69, 9.17) is 14.2 Å². The zero-order valence-corrected chi connectivity index (χ0v) is 15.0. The first-order valence-corrected chi connectivity index (χ1v) is 7.80. The van der Waals surface area contributed by atoms with Gasteiger partial charge in [0.1, 0.15) is 53.9 Å². The lowest BCUT2D eigenvalue weighted by molar-refractivity contribution is -0.138. The van der Waals surface area contributed by atoms with Crippen LogP contribution in [-0.4, -0.2) is 35.3 Å². The van der Waals surface area contributed by atoms with Crippen molar-refractivity contribution in [2.24, 2.45) is 0 Å². The molecular weight excluding hydrogens is 360 g/mol. The van der Waals surface area contributed by atoms with Gasteiger partial charge in [-0.05, 0) is 20.8 Å². The lowest BCUT2D eigenvalue weighted by Gasteiger charge is -2.10. The second kappa shape index (κ2) is 9.95. The van der Waals surface area contributed by atoms with Crippen LogP contribution >= 0.6 is 0 Å². The lowest BCUT2D eigenvalue weighted by Crippen LogP contribution is -2.15. The molecule has 27 heavy (non-hydrogen) atoms. The quantitative estimate of drug-likeness (QED) is 0.355. The maximum absolute atomic E-state index is 11.6. The molecule has 1 aromatic rings. The van der Waals surface area contributed by atoms with Gasteiger partial charge in [-0.25, -0.2) is 0 Å². The molecule has 0 amide bonds. The summed E-state index contributed by atoms with van der Waals surface area (Å²) in [6, 6.07) is 3.45. The number of Topliss-reactive ketones (excluding diaryl/α,β-unsaturated/α-hetero) is 3. The minimum Gasteiger partial charge on any atom is -0.426 e. The van der Waals surface area contributed by atoms with Gasteiger partial charge in [-0.2, -0.15) is 0 Å².